The third-order valence-corrected chi connectivity index (χ3v) is 3.16. The molecule has 0 aliphatic heterocycles. The zero-order valence-electron chi connectivity index (χ0n) is 11.9. The second-order valence-corrected chi connectivity index (χ2v) is 4.86. The van der Waals surface area contributed by atoms with E-state index in [2.05, 4.69) is 0 Å². The Kier molecular flexibility index (Phi) is 5.87. The highest BCUT2D eigenvalue weighted by Gasteiger charge is 2.32. The van der Waals surface area contributed by atoms with Crippen molar-refractivity contribution in [3.05, 3.63) is 35.4 Å². The van der Waals surface area contributed by atoms with Crippen LogP contribution in [0.15, 0.2) is 24.3 Å². The largest absolute Gasteiger partial charge is 0.416 e. The van der Waals surface area contributed by atoms with Crippen LogP contribution in [0.2, 0.25) is 0 Å². The molecule has 0 fully saturated rings. The molecule has 3 N–H and O–H groups in total. The van der Waals surface area contributed by atoms with Gasteiger partial charge in [0.25, 0.3) is 5.92 Å². The van der Waals surface area contributed by atoms with Gasteiger partial charge in [0.15, 0.2) is 0 Å². The predicted molar refractivity (Wildman–Crippen MR) is 71.5 cm³/mol. The molecule has 0 bridgehead atoms. The van der Waals surface area contributed by atoms with Crippen LogP contribution in [-0.2, 0) is 11.0 Å². The van der Waals surface area contributed by atoms with Gasteiger partial charge in [-0.15, -0.1) is 0 Å². The second-order valence-electron chi connectivity index (χ2n) is 4.86. The van der Waals surface area contributed by atoms with Crippen LogP contribution >= 0.6 is 0 Å². The first-order valence-corrected chi connectivity index (χ1v) is 6.63. The predicted octanol–water partition coefficient (Wildman–Crippen LogP) is 2.91. The first-order chi connectivity index (χ1) is 10.1. The normalized spacial score (nSPS) is 13.8. The number of hydrogen-bond donors (Lipinski definition) is 2. The van der Waals surface area contributed by atoms with Crippen molar-refractivity contribution in [1.29, 1.82) is 0 Å². The molecule has 1 rings (SSSR count). The Morgan fingerprint density at radius 1 is 1.27 bits per heavy atom. The van der Waals surface area contributed by atoms with E-state index in [4.69, 9.17) is 5.73 Å². The summed E-state index contributed by atoms with van der Waals surface area (Å²) in [5, 5.41) is 2.03. The quantitative estimate of drug-likeness (QED) is 0.791. The maximum Gasteiger partial charge on any atom is 0.416 e. The summed E-state index contributed by atoms with van der Waals surface area (Å²) in [6.07, 6.45) is -4.35. The number of alkyl halides is 5. The van der Waals surface area contributed by atoms with Gasteiger partial charge in [-0.05, 0) is 18.1 Å². The van der Waals surface area contributed by atoms with Crippen molar-refractivity contribution in [2.24, 2.45) is 5.73 Å². The molecular weight excluding hydrogens is 307 g/mol. The van der Waals surface area contributed by atoms with Crippen molar-refractivity contribution >= 4 is 5.91 Å². The van der Waals surface area contributed by atoms with E-state index in [1.54, 1.807) is 6.92 Å². The highest BCUT2D eigenvalue weighted by molar-refractivity contribution is 5.83. The lowest BCUT2D eigenvalue weighted by Gasteiger charge is -2.19. The highest BCUT2D eigenvalue weighted by Crippen LogP contribution is 2.31. The maximum absolute atomic E-state index is 13.0. The average molecular weight is 324 g/mol. The lowest BCUT2D eigenvalue weighted by atomic mass is 9.94. The van der Waals surface area contributed by atoms with Crippen molar-refractivity contribution in [2.45, 2.75) is 31.4 Å². The molecular formula is C14H17F5N2O. The first-order valence-electron chi connectivity index (χ1n) is 6.63. The van der Waals surface area contributed by atoms with Crippen LogP contribution in [0.1, 0.15) is 30.4 Å². The molecule has 3 nitrogen and oxygen atoms in total. The number of hydrogen-bond acceptors (Lipinski definition) is 2. The molecule has 0 aliphatic rings. The standard InChI is InChI=1S/C14H17F5N2O/c1-2-11(12(22)21-8-13(15,16)7-20)9-4-3-5-10(6-9)14(17,18)19/h3-6,11H,2,7-8,20H2,1H3,(H,21,22). The third-order valence-electron chi connectivity index (χ3n) is 3.16. The number of carbonyl (C=O) groups excluding carboxylic acids is 1. The Morgan fingerprint density at radius 2 is 1.91 bits per heavy atom. The summed E-state index contributed by atoms with van der Waals surface area (Å²) in [6, 6.07) is 4.29. The zero-order valence-corrected chi connectivity index (χ0v) is 11.9. The maximum atomic E-state index is 13.0. The molecule has 1 aromatic carbocycles. The van der Waals surface area contributed by atoms with Crippen molar-refractivity contribution in [3.8, 4) is 0 Å². The number of halogens is 5. The van der Waals surface area contributed by atoms with Crippen molar-refractivity contribution in [2.75, 3.05) is 13.1 Å². The molecule has 1 unspecified atom stereocenters. The first kappa shape index (κ1) is 18.3. The van der Waals surface area contributed by atoms with Gasteiger partial charge in [0.1, 0.15) is 0 Å². The molecule has 0 heterocycles. The van der Waals surface area contributed by atoms with Crippen LogP contribution in [0, 0.1) is 0 Å². The lowest BCUT2D eigenvalue weighted by Crippen LogP contribution is -2.43. The van der Waals surface area contributed by atoms with Gasteiger partial charge in [-0.3, -0.25) is 4.79 Å². The SMILES string of the molecule is CCC(C(=O)NCC(F)(F)CN)c1cccc(C(F)(F)F)c1. The topological polar surface area (TPSA) is 55.1 Å². The summed E-state index contributed by atoms with van der Waals surface area (Å²) in [5.74, 6) is -4.94. The molecule has 0 saturated carbocycles. The van der Waals surface area contributed by atoms with Gasteiger partial charge >= 0.3 is 6.18 Å². The Morgan fingerprint density at radius 3 is 2.41 bits per heavy atom. The smallest absolute Gasteiger partial charge is 0.349 e. The minimum absolute atomic E-state index is 0.130. The van der Waals surface area contributed by atoms with E-state index < -0.39 is 42.6 Å². The summed E-state index contributed by atoms with van der Waals surface area (Å²) in [4.78, 5) is 11.9. The molecule has 0 saturated heterocycles. The Hall–Kier alpha value is -1.70. The molecule has 0 aromatic heterocycles. The minimum atomic E-state index is -4.53. The molecule has 22 heavy (non-hydrogen) atoms. The molecule has 1 amide bonds. The number of carbonyl (C=O) groups is 1. The number of nitrogens with one attached hydrogen (secondary N) is 1. The monoisotopic (exact) mass is 324 g/mol. The van der Waals surface area contributed by atoms with E-state index in [0.717, 1.165) is 12.1 Å². The fourth-order valence-electron chi connectivity index (χ4n) is 1.92. The molecule has 0 aliphatic carbocycles. The molecule has 0 spiro atoms. The Balaban J connectivity index is 2.90. The summed E-state index contributed by atoms with van der Waals surface area (Å²) in [5.41, 5.74) is 4.10. The average Bonchev–Trinajstić information content (AvgIpc) is 2.45. The molecule has 1 aromatic rings. The van der Waals surface area contributed by atoms with E-state index in [-0.39, 0.29) is 12.0 Å². The van der Waals surface area contributed by atoms with Crippen molar-refractivity contribution in [1.82, 2.24) is 5.32 Å². The van der Waals surface area contributed by atoms with E-state index in [0.29, 0.717) is 0 Å². The van der Waals surface area contributed by atoms with Crippen molar-refractivity contribution < 1.29 is 26.7 Å². The fourth-order valence-corrected chi connectivity index (χ4v) is 1.92. The van der Waals surface area contributed by atoms with Crippen LogP contribution in [-0.4, -0.2) is 24.9 Å². The number of rotatable bonds is 6. The van der Waals surface area contributed by atoms with E-state index in [9.17, 15) is 26.7 Å². The van der Waals surface area contributed by atoms with Crippen LogP contribution in [0.3, 0.4) is 0 Å². The number of amides is 1. The summed E-state index contributed by atoms with van der Waals surface area (Å²) in [7, 11) is 0. The molecule has 0 radical (unpaired) electrons. The second kappa shape index (κ2) is 7.04. The molecule has 124 valence electrons. The lowest BCUT2D eigenvalue weighted by molar-refractivity contribution is -0.137. The van der Waals surface area contributed by atoms with E-state index >= 15 is 0 Å². The van der Waals surface area contributed by atoms with Crippen LogP contribution in [0.25, 0.3) is 0 Å². The molecule has 1 atom stereocenters. The third kappa shape index (κ3) is 4.94. The van der Waals surface area contributed by atoms with Gasteiger partial charge in [0.2, 0.25) is 5.91 Å². The minimum Gasteiger partial charge on any atom is -0.349 e. The Labute approximate surface area is 124 Å². The van der Waals surface area contributed by atoms with Gasteiger partial charge in [0, 0.05) is 0 Å². The summed E-state index contributed by atoms with van der Waals surface area (Å²) in [6.45, 7) is -0.281. The molecule has 8 heteroatoms. The van der Waals surface area contributed by atoms with Gasteiger partial charge in [0.05, 0.1) is 24.6 Å². The van der Waals surface area contributed by atoms with Crippen LogP contribution in [0.5, 0.6) is 0 Å². The highest BCUT2D eigenvalue weighted by atomic mass is 19.4. The van der Waals surface area contributed by atoms with Gasteiger partial charge < -0.3 is 11.1 Å². The van der Waals surface area contributed by atoms with Gasteiger partial charge in [-0.1, -0.05) is 25.1 Å². The summed E-state index contributed by atoms with van der Waals surface area (Å²) < 4.78 is 64.0. The van der Waals surface area contributed by atoms with Gasteiger partial charge in [-0.25, -0.2) is 8.78 Å². The zero-order chi connectivity index (χ0) is 17.0. The number of benzene rings is 1. The van der Waals surface area contributed by atoms with Crippen LogP contribution in [0.4, 0.5) is 22.0 Å². The number of nitrogens with two attached hydrogens (primary N) is 1. The van der Waals surface area contributed by atoms with E-state index in [1.165, 1.54) is 12.1 Å². The fraction of sp³-hybridized carbons (Fsp3) is 0.500. The van der Waals surface area contributed by atoms with Gasteiger partial charge in [-0.2, -0.15) is 13.2 Å². The Bertz CT molecular complexity index is 516. The van der Waals surface area contributed by atoms with Crippen molar-refractivity contribution in [3.63, 3.8) is 0 Å². The van der Waals surface area contributed by atoms with Crippen LogP contribution < -0.4 is 11.1 Å². The summed E-state index contributed by atoms with van der Waals surface area (Å²) >= 11 is 0. The van der Waals surface area contributed by atoms with E-state index in [1.807, 2.05) is 5.32 Å².